The minimum absolute atomic E-state index is 0.325. The van der Waals surface area contributed by atoms with E-state index in [1.807, 2.05) is 31.4 Å². The minimum atomic E-state index is -0.944. The van der Waals surface area contributed by atoms with Gasteiger partial charge in [0.1, 0.15) is 5.60 Å². The Hall–Kier alpha value is -1.15. The number of aliphatic imine (C=N–C) groups is 1. The lowest BCUT2D eigenvalue weighted by Crippen LogP contribution is -2.53. The van der Waals surface area contributed by atoms with E-state index >= 15 is 0 Å². The highest BCUT2D eigenvalue weighted by atomic mass is 32.1. The molecular formula is C18H32N4O2S. The van der Waals surface area contributed by atoms with Crippen LogP contribution in [0, 0.1) is 0 Å². The predicted octanol–water partition coefficient (Wildman–Crippen LogP) is 1.62. The highest BCUT2D eigenvalue weighted by Gasteiger charge is 2.25. The first-order valence-electron chi connectivity index (χ1n) is 9.06. The van der Waals surface area contributed by atoms with E-state index < -0.39 is 5.60 Å². The summed E-state index contributed by atoms with van der Waals surface area (Å²) in [6, 6.07) is 4.72. The number of hydrogen-bond acceptors (Lipinski definition) is 5. The first kappa shape index (κ1) is 20.2. The van der Waals surface area contributed by atoms with Gasteiger partial charge in [-0.15, -0.1) is 11.3 Å². The molecule has 0 spiro atoms. The van der Waals surface area contributed by atoms with E-state index in [9.17, 15) is 5.11 Å². The first-order valence-corrected chi connectivity index (χ1v) is 9.94. The van der Waals surface area contributed by atoms with Crippen LogP contribution >= 0.6 is 11.3 Å². The second-order valence-electron chi connectivity index (χ2n) is 6.84. The highest BCUT2D eigenvalue weighted by Crippen LogP contribution is 2.25. The van der Waals surface area contributed by atoms with Crippen LogP contribution in [0.3, 0.4) is 0 Å². The Labute approximate surface area is 155 Å². The van der Waals surface area contributed by atoms with Crippen LogP contribution in [0.15, 0.2) is 22.5 Å². The Balaban J connectivity index is 1.91. The fourth-order valence-electron chi connectivity index (χ4n) is 2.99. The molecule has 2 rings (SSSR count). The molecule has 1 aliphatic rings. The average Bonchev–Trinajstić information content (AvgIpc) is 3.13. The van der Waals surface area contributed by atoms with Gasteiger partial charge in [0.05, 0.1) is 19.8 Å². The summed E-state index contributed by atoms with van der Waals surface area (Å²) < 4.78 is 5.51. The zero-order valence-corrected chi connectivity index (χ0v) is 16.6. The summed E-state index contributed by atoms with van der Waals surface area (Å²) in [5, 5.41) is 19.3. The van der Waals surface area contributed by atoms with Gasteiger partial charge >= 0.3 is 0 Å². The van der Waals surface area contributed by atoms with E-state index in [-0.39, 0.29) is 0 Å². The van der Waals surface area contributed by atoms with Gasteiger partial charge in [-0.25, -0.2) is 4.99 Å². The largest absolute Gasteiger partial charge is 0.383 e. The molecule has 1 aromatic heterocycles. The molecule has 142 valence electrons. The predicted molar refractivity (Wildman–Crippen MR) is 104 cm³/mol. The molecule has 25 heavy (non-hydrogen) atoms. The summed E-state index contributed by atoms with van der Waals surface area (Å²) in [4.78, 5) is 7.98. The van der Waals surface area contributed by atoms with Crippen molar-refractivity contribution in [3.8, 4) is 0 Å². The van der Waals surface area contributed by atoms with Crippen LogP contribution in [0.5, 0.6) is 0 Å². The third kappa shape index (κ3) is 5.95. The topological polar surface area (TPSA) is 69.1 Å². The number of nitrogens with zero attached hydrogens (tertiary/aromatic N) is 2. The summed E-state index contributed by atoms with van der Waals surface area (Å²) in [6.45, 7) is 12.7. The van der Waals surface area contributed by atoms with Crippen molar-refractivity contribution in [2.75, 3.05) is 39.4 Å². The van der Waals surface area contributed by atoms with Crippen LogP contribution in [0.1, 0.15) is 32.6 Å². The van der Waals surface area contributed by atoms with Crippen molar-refractivity contribution in [1.29, 1.82) is 0 Å². The lowest BCUT2D eigenvalue weighted by atomic mass is 10.1. The van der Waals surface area contributed by atoms with Crippen LogP contribution < -0.4 is 10.6 Å². The Morgan fingerprint density at radius 3 is 3.00 bits per heavy atom. The fraction of sp³-hybridized carbons (Fsp3) is 0.722. The molecule has 0 bridgehead atoms. The smallest absolute Gasteiger partial charge is 0.191 e. The molecule has 1 aliphatic heterocycles. The molecule has 0 saturated carbocycles. The highest BCUT2D eigenvalue weighted by molar-refractivity contribution is 7.10. The van der Waals surface area contributed by atoms with Gasteiger partial charge in [0.2, 0.25) is 0 Å². The van der Waals surface area contributed by atoms with Crippen LogP contribution in [0.2, 0.25) is 0 Å². The van der Waals surface area contributed by atoms with E-state index in [4.69, 9.17) is 4.74 Å². The van der Waals surface area contributed by atoms with Crippen molar-refractivity contribution in [2.24, 2.45) is 4.99 Å². The Kier molecular flexibility index (Phi) is 7.68. The van der Waals surface area contributed by atoms with E-state index in [0.29, 0.717) is 18.6 Å². The molecule has 0 radical (unpaired) electrons. The van der Waals surface area contributed by atoms with Crippen LogP contribution in [0.4, 0.5) is 0 Å². The van der Waals surface area contributed by atoms with Gasteiger partial charge in [-0.2, -0.15) is 0 Å². The third-order valence-electron chi connectivity index (χ3n) is 4.49. The van der Waals surface area contributed by atoms with E-state index in [1.54, 1.807) is 11.3 Å². The maximum absolute atomic E-state index is 10.6. The van der Waals surface area contributed by atoms with Crippen LogP contribution in [-0.4, -0.2) is 67.4 Å². The number of hydrogen-bond donors (Lipinski definition) is 3. The van der Waals surface area contributed by atoms with E-state index in [2.05, 4.69) is 34.4 Å². The van der Waals surface area contributed by atoms with Gasteiger partial charge in [0.15, 0.2) is 5.96 Å². The minimum Gasteiger partial charge on any atom is -0.383 e. The lowest BCUT2D eigenvalue weighted by molar-refractivity contribution is -0.0174. The third-order valence-corrected chi connectivity index (χ3v) is 5.61. The maximum Gasteiger partial charge on any atom is 0.191 e. The zero-order valence-electron chi connectivity index (χ0n) is 15.8. The number of nitrogens with one attached hydrogen (secondary N) is 2. The van der Waals surface area contributed by atoms with Gasteiger partial charge in [-0.3, -0.25) is 4.90 Å². The Bertz CT molecular complexity index is 533. The van der Waals surface area contributed by atoms with Crippen molar-refractivity contribution in [3.63, 3.8) is 0 Å². The van der Waals surface area contributed by atoms with Crippen molar-refractivity contribution >= 4 is 17.3 Å². The average molecular weight is 369 g/mol. The summed E-state index contributed by atoms with van der Waals surface area (Å²) in [6.07, 6.45) is 0. The molecule has 2 heterocycles. The normalized spacial score (nSPS) is 23.1. The second-order valence-corrected chi connectivity index (χ2v) is 7.79. The molecule has 0 amide bonds. The number of guanidine groups is 1. The van der Waals surface area contributed by atoms with Gasteiger partial charge in [0.25, 0.3) is 0 Å². The summed E-state index contributed by atoms with van der Waals surface area (Å²) in [7, 11) is 0. The number of morpholine rings is 1. The monoisotopic (exact) mass is 368 g/mol. The molecule has 1 aromatic rings. The number of aliphatic hydroxyl groups is 1. The quantitative estimate of drug-likeness (QED) is 0.504. The maximum atomic E-state index is 10.6. The zero-order chi connectivity index (χ0) is 18.3. The van der Waals surface area contributed by atoms with Crippen LogP contribution in [0.25, 0.3) is 0 Å². The SMILES string of the molecule is CCNC(=NCC(C)(O)c1cccs1)NCC(C)N1CCOCC1C. The molecule has 0 aromatic carbocycles. The van der Waals surface area contributed by atoms with Gasteiger partial charge in [0, 0.05) is 36.6 Å². The molecule has 7 heteroatoms. The van der Waals surface area contributed by atoms with Crippen molar-refractivity contribution in [3.05, 3.63) is 22.4 Å². The Morgan fingerprint density at radius 1 is 1.56 bits per heavy atom. The van der Waals surface area contributed by atoms with Crippen molar-refractivity contribution in [1.82, 2.24) is 15.5 Å². The molecule has 3 N–H and O–H groups in total. The lowest BCUT2D eigenvalue weighted by Gasteiger charge is -2.38. The molecule has 1 saturated heterocycles. The number of ether oxygens (including phenoxy) is 1. The molecule has 1 fully saturated rings. The molecule has 3 unspecified atom stereocenters. The summed E-state index contributed by atoms with van der Waals surface area (Å²) in [5.41, 5.74) is -0.944. The van der Waals surface area contributed by atoms with E-state index in [0.717, 1.165) is 43.7 Å². The van der Waals surface area contributed by atoms with Gasteiger partial charge in [-0.05, 0) is 39.1 Å². The summed E-state index contributed by atoms with van der Waals surface area (Å²) >= 11 is 1.55. The standard InChI is InChI=1S/C18H32N4O2S/c1-5-19-17(21-13-18(4,23)16-7-6-10-25-16)20-11-14(2)22-8-9-24-12-15(22)3/h6-7,10,14-15,23H,5,8-9,11-13H2,1-4H3,(H2,19,20,21). The fourth-order valence-corrected chi connectivity index (χ4v) is 3.77. The molecular weight excluding hydrogens is 336 g/mol. The van der Waals surface area contributed by atoms with Crippen molar-refractivity contribution in [2.45, 2.75) is 45.4 Å². The molecule has 3 atom stereocenters. The van der Waals surface area contributed by atoms with Gasteiger partial charge in [-0.1, -0.05) is 6.07 Å². The summed E-state index contributed by atoms with van der Waals surface area (Å²) in [5.74, 6) is 0.743. The van der Waals surface area contributed by atoms with Crippen molar-refractivity contribution < 1.29 is 9.84 Å². The van der Waals surface area contributed by atoms with E-state index in [1.165, 1.54) is 0 Å². The molecule has 6 nitrogen and oxygen atoms in total. The Morgan fingerprint density at radius 2 is 2.36 bits per heavy atom. The second kappa shape index (κ2) is 9.52. The number of thiophene rings is 1. The van der Waals surface area contributed by atoms with Gasteiger partial charge < -0.3 is 20.5 Å². The molecule has 0 aliphatic carbocycles. The van der Waals surface area contributed by atoms with Crippen LogP contribution in [-0.2, 0) is 10.3 Å². The number of rotatable bonds is 7. The first-order chi connectivity index (χ1) is 11.9.